The van der Waals surface area contributed by atoms with Gasteiger partial charge in [-0.1, -0.05) is 0 Å². The van der Waals surface area contributed by atoms with Gasteiger partial charge in [-0.3, -0.25) is 10.1 Å². The Morgan fingerprint density at radius 1 is 1.20 bits per heavy atom. The zero-order valence-corrected chi connectivity index (χ0v) is 11.7. The Hall–Kier alpha value is -2.56. The Morgan fingerprint density at radius 2 is 1.85 bits per heavy atom. The molecule has 1 heterocycles. The van der Waals surface area contributed by atoms with E-state index in [1.165, 1.54) is 12.1 Å². The lowest BCUT2D eigenvalue weighted by Gasteiger charge is -1.99. The molecule has 0 aliphatic heterocycles. The first-order valence-electron chi connectivity index (χ1n) is 6.24. The number of non-ortho nitro benzene ring substituents is 1. The van der Waals surface area contributed by atoms with Crippen LogP contribution < -0.4 is 4.57 Å². The lowest BCUT2D eigenvalue weighted by Crippen LogP contribution is -2.36. The summed E-state index contributed by atoms with van der Waals surface area (Å²) in [6, 6.07) is 8.45. The smallest absolute Gasteiger partial charge is 0.258 e. The summed E-state index contributed by atoms with van der Waals surface area (Å²) in [7, 11) is 1.96. The molecule has 2 rings (SSSR count). The van der Waals surface area contributed by atoms with Gasteiger partial charge in [0.2, 0.25) is 0 Å². The van der Waals surface area contributed by atoms with E-state index < -0.39 is 4.92 Å². The minimum atomic E-state index is -0.404. The molecule has 0 amide bonds. The van der Waals surface area contributed by atoms with Crippen LogP contribution in [0.2, 0.25) is 0 Å². The topological polar surface area (TPSA) is 59.9 Å². The van der Waals surface area contributed by atoms with Crippen molar-refractivity contribution in [1.29, 1.82) is 0 Å². The fraction of sp³-hybridized carbons (Fsp3) is 0.200. The van der Waals surface area contributed by atoms with E-state index in [4.69, 9.17) is 0 Å². The molecule has 1 aromatic carbocycles. The molecule has 5 heteroatoms. The maximum atomic E-state index is 10.6. The van der Waals surface area contributed by atoms with Crippen molar-refractivity contribution in [2.45, 2.75) is 13.8 Å². The minimum absolute atomic E-state index is 0.0947. The van der Waals surface area contributed by atoms with Crippen LogP contribution in [0.4, 0.5) is 5.69 Å². The number of nitrogens with zero attached hydrogens (tertiary/aromatic N) is 3. The first-order chi connectivity index (χ1) is 9.47. The Kier molecular flexibility index (Phi) is 3.89. The van der Waals surface area contributed by atoms with Crippen molar-refractivity contribution in [1.82, 2.24) is 4.98 Å². The summed E-state index contributed by atoms with van der Waals surface area (Å²) in [5, 5.41) is 10.6. The highest BCUT2D eigenvalue weighted by molar-refractivity contribution is 5.66. The van der Waals surface area contributed by atoms with Gasteiger partial charge in [-0.2, -0.15) is 0 Å². The maximum absolute atomic E-state index is 10.6. The molecule has 0 fully saturated rings. The Labute approximate surface area is 117 Å². The van der Waals surface area contributed by atoms with E-state index in [2.05, 4.69) is 4.98 Å². The number of aryl methyl sites for hydroxylation is 2. The fourth-order valence-electron chi connectivity index (χ4n) is 1.89. The molecule has 2 aromatic rings. The second-order valence-corrected chi connectivity index (χ2v) is 4.64. The van der Waals surface area contributed by atoms with Crippen molar-refractivity contribution in [2.24, 2.45) is 7.05 Å². The van der Waals surface area contributed by atoms with Crippen molar-refractivity contribution in [3.05, 3.63) is 63.2 Å². The normalized spacial score (nSPS) is 10.9. The molecule has 102 valence electrons. The zero-order valence-electron chi connectivity index (χ0n) is 11.7. The van der Waals surface area contributed by atoms with Gasteiger partial charge in [0.25, 0.3) is 5.69 Å². The maximum Gasteiger partial charge on any atom is 0.323 e. The Bertz CT molecular complexity index is 676. The summed E-state index contributed by atoms with van der Waals surface area (Å²) < 4.78 is 1.99. The van der Waals surface area contributed by atoms with Crippen molar-refractivity contribution in [3.63, 3.8) is 0 Å². The zero-order chi connectivity index (χ0) is 14.7. The van der Waals surface area contributed by atoms with Gasteiger partial charge in [0.15, 0.2) is 5.69 Å². The molecule has 20 heavy (non-hydrogen) atoms. The first kappa shape index (κ1) is 13.9. The summed E-state index contributed by atoms with van der Waals surface area (Å²) in [5.74, 6) is 0.848. The van der Waals surface area contributed by atoms with Gasteiger partial charge < -0.3 is 0 Å². The van der Waals surface area contributed by atoms with Crippen LogP contribution in [0.15, 0.2) is 30.3 Å². The fourth-order valence-corrected chi connectivity index (χ4v) is 1.89. The second kappa shape index (κ2) is 5.61. The lowest BCUT2D eigenvalue weighted by molar-refractivity contribution is -0.682. The summed E-state index contributed by atoms with van der Waals surface area (Å²) in [5.41, 5.74) is 3.08. The molecule has 0 saturated carbocycles. The average molecular weight is 270 g/mol. The van der Waals surface area contributed by atoms with Gasteiger partial charge in [-0.15, -0.1) is 0 Å². The van der Waals surface area contributed by atoms with E-state index in [0.717, 1.165) is 22.8 Å². The number of rotatable bonds is 3. The molecule has 5 nitrogen and oxygen atoms in total. The molecule has 0 spiro atoms. The van der Waals surface area contributed by atoms with Crippen molar-refractivity contribution < 1.29 is 9.49 Å². The highest BCUT2D eigenvalue weighted by Crippen LogP contribution is 2.13. The van der Waals surface area contributed by atoms with Gasteiger partial charge in [0.05, 0.1) is 12.0 Å². The third-order valence-corrected chi connectivity index (χ3v) is 3.11. The van der Waals surface area contributed by atoms with E-state index >= 15 is 0 Å². The molecule has 0 N–H and O–H groups in total. The molecular formula is C15H16N3O2+. The van der Waals surface area contributed by atoms with Crippen LogP contribution in [0.25, 0.3) is 12.2 Å². The predicted molar refractivity (Wildman–Crippen MR) is 76.9 cm³/mol. The van der Waals surface area contributed by atoms with Crippen molar-refractivity contribution >= 4 is 17.8 Å². The van der Waals surface area contributed by atoms with Crippen LogP contribution >= 0.6 is 0 Å². The number of nitro groups is 1. The Balaban J connectivity index is 2.27. The molecule has 0 aliphatic rings. The molecule has 0 unspecified atom stereocenters. The SMILES string of the molecule is Cc1cc(C)[n+](C)c(C=Cc2ccc([N+](=O)[O-])cc2)n1. The van der Waals surface area contributed by atoms with Gasteiger partial charge in [0.1, 0.15) is 5.69 Å². The van der Waals surface area contributed by atoms with Crippen LogP contribution in [0, 0.1) is 24.0 Å². The van der Waals surface area contributed by atoms with Crippen LogP contribution in [0.1, 0.15) is 22.8 Å². The summed E-state index contributed by atoms with van der Waals surface area (Å²) in [6.45, 7) is 3.98. The highest BCUT2D eigenvalue weighted by Gasteiger charge is 2.10. The van der Waals surface area contributed by atoms with Crippen LogP contribution in [-0.2, 0) is 7.05 Å². The van der Waals surface area contributed by atoms with E-state index in [-0.39, 0.29) is 5.69 Å². The predicted octanol–water partition coefficient (Wildman–Crippen LogP) is 2.60. The van der Waals surface area contributed by atoms with Gasteiger partial charge in [0, 0.05) is 31.2 Å². The van der Waals surface area contributed by atoms with Crippen LogP contribution in [0.5, 0.6) is 0 Å². The highest BCUT2D eigenvalue weighted by atomic mass is 16.6. The molecule has 0 aliphatic carbocycles. The molecule has 0 bridgehead atoms. The molecule has 0 saturated heterocycles. The molecule has 0 radical (unpaired) electrons. The van der Waals surface area contributed by atoms with Gasteiger partial charge >= 0.3 is 5.82 Å². The van der Waals surface area contributed by atoms with E-state index in [0.29, 0.717) is 0 Å². The van der Waals surface area contributed by atoms with E-state index in [1.54, 1.807) is 12.1 Å². The standard InChI is InChI=1S/C15H16N3O2/c1-11-10-12(2)17(3)15(16-11)9-6-13-4-7-14(8-5-13)18(19)20/h4-10H,1-3H3/q+1. The van der Waals surface area contributed by atoms with Gasteiger partial charge in [-0.05, 0) is 35.7 Å². The summed E-state index contributed by atoms with van der Waals surface area (Å²) in [4.78, 5) is 14.6. The van der Waals surface area contributed by atoms with E-state index in [9.17, 15) is 10.1 Å². The average Bonchev–Trinajstić information content (AvgIpc) is 2.41. The molecular weight excluding hydrogens is 254 g/mol. The van der Waals surface area contributed by atoms with Gasteiger partial charge in [-0.25, -0.2) is 4.57 Å². The quantitative estimate of drug-likeness (QED) is 0.489. The number of nitro benzene ring substituents is 1. The van der Waals surface area contributed by atoms with Crippen molar-refractivity contribution in [2.75, 3.05) is 0 Å². The number of hydrogen-bond donors (Lipinski definition) is 0. The third-order valence-electron chi connectivity index (χ3n) is 3.11. The molecule has 0 atom stereocenters. The number of aromatic nitrogens is 2. The monoisotopic (exact) mass is 270 g/mol. The van der Waals surface area contributed by atoms with E-state index in [1.807, 2.05) is 43.7 Å². The first-order valence-corrected chi connectivity index (χ1v) is 6.24. The molecule has 1 aromatic heterocycles. The van der Waals surface area contributed by atoms with Crippen LogP contribution in [-0.4, -0.2) is 9.91 Å². The number of hydrogen-bond acceptors (Lipinski definition) is 3. The Morgan fingerprint density at radius 3 is 2.45 bits per heavy atom. The largest absolute Gasteiger partial charge is 0.323 e. The van der Waals surface area contributed by atoms with Crippen molar-refractivity contribution in [3.8, 4) is 0 Å². The second-order valence-electron chi connectivity index (χ2n) is 4.64. The number of benzene rings is 1. The summed E-state index contributed by atoms with van der Waals surface area (Å²) in [6.07, 6.45) is 3.80. The lowest BCUT2D eigenvalue weighted by atomic mass is 10.2. The minimum Gasteiger partial charge on any atom is -0.258 e. The third kappa shape index (κ3) is 3.06. The van der Waals surface area contributed by atoms with Crippen LogP contribution in [0.3, 0.4) is 0 Å². The summed E-state index contributed by atoms with van der Waals surface area (Å²) >= 11 is 0.